The molecule has 2 N–H and O–H groups in total. The summed E-state index contributed by atoms with van der Waals surface area (Å²) in [5, 5.41) is 6.50. The van der Waals surface area contributed by atoms with Crippen molar-refractivity contribution in [2.24, 2.45) is 5.92 Å². The second kappa shape index (κ2) is 4.84. The Kier molecular flexibility index (Phi) is 3.61. The third kappa shape index (κ3) is 3.87. The van der Waals surface area contributed by atoms with Gasteiger partial charge in [-0.25, -0.2) is 4.79 Å². The minimum Gasteiger partial charge on any atom is -0.444 e. The Morgan fingerprint density at radius 1 is 1.29 bits per heavy atom. The number of carbonyl (C=O) groups is 1. The highest BCUT2D eigenvalue weighted by Crippen LogP contribution is 2.31. The zero-order valence-corrected chi connectivity index (χ0v) is 11.1. The summed E-state index contributed by atoms with van der Waals surface area (Å²) in [5.74, 6) is 0.773. The predicted molar refractivity (Wildman–Crippen MR) is 66.9 cm³/mol. The van der Waals surface area contributed by atoms with Gasteiger partial charge in [-0.3, -0.25) is 0 Å². The lowest BCUT2D eigenvalue weighted by molar-refractivity contribution is 0.0498. The molecule has 17 heavy (non-hydrogen) atoms. The van der Waals surface area contributed by atoms with Crippen LogP contribution in [0.3, 0.4) is 0 Å². The standard InChI is InChI=1S/C13H24N2O2/c1-13(2,3)17-12(16)15-11-7-9-4-5-10(6-9)14-8-11/h9-11,14H,4-8H2,1-3H3,(H,15,16)/t9-,10+,11+/m0/s1. The van der Waals surface area contributed by atoms with Crippen molar-refractivity contribution in [1.82, 2.24) is 10.6 Å². The molecule has 1 aliphatic carbocycles. The molecule has 0 unspecified atom stereocenters. The highest BCUT2D eigenvalue weighted by molar-refractivity contribution is 5.68. The summed E-state index contributed by atoms with van der Waals surface area (Å²) in [7, 11) is 0. The van der Waals surface area contributed by atoms with Crippen molar-refractivity contribution in [2.45, 2.75) is 64.1 Å². The highest BCUT2D eigenvalue weighted by atomic mass is 16.6. The number of rotatable bonds is 1. The summed E-state index contributed by atoms with van der Waals surface area (Å²) < 4.78 is 5.28. The van der Waals surface area contributed by atoms with Gasteiger partial charge >= 0.3 is 6.09 Å². The maximum atomic E-state index is 11.7. The number of amides is 1. The molecule has 0 spiro atoms. The highest BCUT2D eigenvalue weighted by Gasteiger charge is 2.31. The normalized spacial score (nSPS) is 33.0. The van der Waals surface area contributed by atoms with Crippen LogP contribution in [0.4, 0.5) is 4.79 Å². The summed E-state index contributed by atoms with van der Waals surface area (Å²) in [6.07, 6.45) is 4.66. The van der Waals surface area contributed by atoms with Crippen molar-refractivity contribution in [3.05, 3.63) is 0 Å². The van der Waals surface area contributed by atoms with Gasteiger partial charge in [0.05, 0.1) is 0 Å². The molecule has 0 aromatic heterocycles. The second-order valence-electron chi connectivity index (χ2n) is 6.36. The molecule has 2 rings (SSSR count). The summed E-state index contributed by atoms with van der Waals surface area (Å²) in [4.78, 5) is 11.7. The largest absolute Gasteiger partial charge is 0.444 e. The van der Waals surface area contributed by atoms with E-state index in [4.69, 9.17) is 4.74 Å². The molecule has 4 heteroatoms. The number of carbonyl (C=O) groups excluding carboxylic acids is 1. The third-order valence-electron chi connectivity index (χ3n) is 3.53. The van der Waals surface area contributed by atoms with Gasteiger partial charge in [0.25, 0.3) is 0 Å². The van der Waals surface area contributed by atoms with E-state index in [9.17, 15) is 4.79 Å². The van der Waals surface area contributed by atoms with E-state index >= 15 is 0 Å². The maximum Gasteiger partial charge on any atom is 0.407 e. The Labute approximate surface area is 103 Å². The van der Waals surface area contributed by atoms with E-state index in [1.54, 1.807) is 0 Å². The van der Waals surface area contributed by atoms with Crippen LogP contribution in [0.5, 0.6) is 0 Å². The first-order chi connectivity index (χ1) is 7.92. The van der Waals surface area contributed by atoms with E-state index in [-0.39, 0.29) is 12.1 Å². The number of ether oxygens (including phenoxy) is 1. The first-order valence-corrected chi connectivity index (χ1v) is 6.65. The average molecular weight is 240 g/mol. The molecule has 4 nitrogen and oxygen atoms in total. The van der Waals surface area contributed by atoms with E-state index in [1.165, 1.54) is 19.3 Å². The molecule has 2 bridgehead atoms. The molecule has 0 radical (unpaired) electrons. The van der Waals surface area contributed by atoms with E-state index in [2.05, 4.69) is 10.6 Å². The number of alkyl carbamates (subject to hydrolysis) is 1. The van der Waals surface area contributed by atoms with Gasteiger partial charge < -0.3 is 15.4 Å². The van der Waals surface area contributed by atoms with Gasteiger partial charge in [0.2, 0.25) is 0 Å². The Morgan fingerprint density at radius 2 is 2.06 bits per heavy atom. The quantitative estimate of drug-likeness (QED) is 0.737. The Balaban J connectivity index is 1.81. The molecular formula is C13H24N2O2. The SMILES string of the molecule is CC(C)(C)OC(=O)N[C@H]1CN[C@@H]2CC[C@@H](C2)C1. The lowest BCUT2D eigenvalue weighted by Crippen LogP contribution is -2.45. The van der Waals surface area contributed by atoms with Gasteiger partial charge in [-0.15, -0.1) is 0 Å². The van der Waals surface area contributed by atoms with Crippen LogP contribution in [0.1, 0.15) is 46.5 Å². The second-order valence-corrected chi connectivity index (χ2v) is 6.36. The molecule has 1 amide bonds. The van der Waals surface area contributed by atoms with E-state index < -0.39 is 5.60 Å². The van der Waals surface area contributed by atoms with Crippen LogP contribution in [-0.4, -0.2) is 30.3 Å². The third-order valence-corrected chi connectivity index (χ3v) is 3.53. The summed E-state index contributed by atoms with van der Waals surface area (Å²) >= 11 is 0. The summed E-state index contributed by atoms with van der Waals surface area (Å²) in [6.45, 7) is 6.54. The summed E-state index contributed by atoms with van der Waals surface area (Å²) in [6, 6.07) is 0.894. The van der Waals surface area contributed by atoms with Gasteiger partial charge in [0.15, 0.2) is 0 Å². The number of fused-ring (bicyclic) bond motifs is 2. The average Bonchev–Trinajstić information content (AvgIpc) is 2.48. The van der Waals surface area contributed by atoms with Crippen molar-refractivity contribution >= 4 is 6.09 Å². The molecule has 1 aliphatic heterocycles. The Bertz CT molecular complexity index is 286. The Hall–Kier alpha value is -0.770. The fourth-order valence-corrected chi connectivity index (χ4v) is 2.85. The van der Waals surface area contributed by atoms with Crippen LogP contribution in [0.2, 0.25) is 0 Å². The first-order valence-electron chi connectivity index (χ1n) is 6.65. The van der Waals surface area contributed by atoms with Crippen molar-refractivity contribution in [1.29, 1.82) is 0 Å². The van der Waals surface area contributed by atoms with E-state index in [1.807, 2.05) is 20.8 Å². The van der Waals surface area contributed by atoms with Crippen LogP contribution in [0, 0.1) is 5.92 Å². The molecular weight excluding hydrogens is 216 g/mol. The molecule has 1 saturated carbocycles. The lowest BCUT2D eigenvalue weighted by atomic mass is 9.99. The Morgan fingerprint density at radius 3 is 2.76 bits per heavy atom. The fourth-order valence-electron chi connectivity index (χ4n) is 2.85. The van der Waals surface area contributed by atoms with Crippen LogP contribution in [-0.2, 0) is 4.74 Å². The topological polar surface area (TPSA) is 50.4 Å². The minimum absolute atomic E-state index is 0.222. The van der Waals surface area contributed by atoms with Crippen LogP contribution in [0.25, 0.3) is 0 Å². The minimum atomic E-state index is -0.415. The zero-order valence-electron chi connectivity index (χ0n) is 11.1. The number of hydrogen-bond acceptors (Lipinski definition) is 3. The van der Waals surface area contributed by atoms with Crippen LogP contribution in [0.15, 0.2) is 0 Å². The monoisotopic (exact) mass is 240 g/mol. The molecule has 0 aromatic carbocycles. The maximum absolute atomic E-state index is 11.7. The van der Waals surface area contributed by atoms with Crippen LogP contribution >= 0.6 is 0 Å². The smallest absolute Gasteiger partial charge is 0.407 e. The van der Waals surface area contributed by atoms with E-state index in [0.717, 1.165) is 18.9 Å². The van der Waals surface area contributed by atoms with Crippen molar-refractivity contribution in [3.63, 3.8) is 0 Å². The van der Waals surface area contributed by atoms with Gasteiger partial charge in [-0.05, 0) is 52.4 Å². The predicted octanol–water partition coefficient (Wildman–Crippen LogP) is 2.04. The van der Waals surface area contributed by atoms with Crippen LogP contribution < -0.4 is 10.6 Å². The van der Waals surface area contributed by atoms with Gasteiger partial charge in [0.1, 0.15) is 5.60 Å². The first kappa shape index (κ1) is 12.7. The number of nitrogens with one attached hydrogen (secondary N) is 2. The fraction of sp³-hybridized carbons (Fsp3) is 0.923. The number of hydrogen-bond donors (Lipinski definition) is 2. The van der Waals surface area contributed by atoms with Crippen molar-refractivity contribution in [2.75, 3.05) is 6.54 Å². The molecule has 1 saturated heterocycles. The van der Waals surface area contributed by atoms with Crippen molar-refractivity contribution in [3.8, 4) is 0 Å². The van der Waals surface area contributed by atoms with Gasteiger partial charge in [-0.2, -0.15) is 0 Å². The van der Waals surface area contributed by atoms with E-state index in [0.29, 0.717) is 6.04 Å². The zero-order chi connectivity index (χ0) is 12.5. The molecule has 0 aromatic rings. The molecule has 98 valence electrons. The molecule has 1 heterocycles. The lowest BCUT2D eigenvalue weighted by Gasteiger charge is -2.25. The molecule has 3 atom stereocenters. The van der Waals surface area contributed by atoms with Gasteiger partial charge in [0, 0.05) is 18.6 Å². The van der Waals surface area contributed by atoms with Gasteiger partial charge in [-0.1, -0.05) is 0 Å². The molecule has 2 fully saturated rings. The summed E-state index contributed by atoms with van der Waals surface area (Å²) in [5.41, 5.74) is -0.415. The molecule has 2 aliphatic rings. The van der Waals surface area contributed by atoms with Crippen molar-refractivity contribution < 1.29 is 9.53 Å².